The highest BCUT2D eigenvalue weighted by Gasteiger charge is 2.10. The Morgan fingerprint density at radius 1 is 1.07 bits per heavy atom. The molecule has 2 amide bonds. The number of fused-ring (bicyclic) bond motifs is 1. The Kier molecular flexibility index (Phi) is 5.07. The number of hydrogen-bond donors (Lipinski definition) is 2. The van der Waals surface area contributed by atoms with Gasteiger partial charge in [-0.3, -0.25) is 4.40 Å². The molecule has 0 bridgehead atoms. The quantitative estimate of drug-likeness (QED) is 0.545. The minimum atomic E-state index is -0.230. The van der Waals surface area contributed by atoms with Gasteiger partial charge in [0.1, 0.15) is 5.65 Å². The van der Waals surface area contributed by atoms with Crippen LogP contribution in [0, 0.1) is 0 Å². The Hall–Kier alpha value is -3.94. The summed E-state index contributed by atoms with van der Waals surface area (Å²) in [6.07, 6.45) is 7.01. The summed E-state index contributed by atoms with van der Waals surface area (Å²) in [5, 5.41) is 5.55. The number of aromatic nitrogens is 4. The maximum atomic E-state index is 11.8. The van der Waals surface area contributed by atoms with Gasteiger partial charge >= 0.3 is 6.03 Å². The largest absolute Gasteiger partial charge is 0.494 e. The van der Waals surface area contributed by atoms with Crippen molar-refractivity contribution in [1.82, 2.24) is 24.7 Å². The fourth-order valence-electron chi connectivity index (χ4n) is 3.00. The number of amides is 2. The van der Waals surface area contributed by atoms with Crippen LogP contribution in [0.1, 0.15) is 6.92 Å². The lowest BCUT2D eigenvalue weighted by atomic mass is 10.1. The third-order valence-corrected chi connectivity index (χ3v) is 4.39. The van der Waals surface area contributed by atoms with Crippen LogP contribution in [0.2, 0.25) is 0 Å². The number of ether oxygens (including phenoxy) is 1. The van der Waals surface area contributed by atoms with Gasteiger partial charge in [-0.15, -0.1) is 0 Å². The van der Waals surface area contributed by atoms with Crippen molar-refractivity contribution < 1.29 is 9.53 Å². The van der Waals surface area contributed by atoms with Gasteiger partial charge in [-0.05, 0) is 31.2 Å². The van der Waals surface area contributed by atoms with Gasteiger partial charge in [-0.25, -0.2) is 19.7 Å². The zero-order chi connectivity index (χ0) is 20.2. The molecular formula is C21H20N6O2. The lowest BCUT2D eigenvalue weighted by Crippen LogP contribution is -2.28. The third-order valence-electron chi connectivity index (χ3n) is 4.39. The lowest BCUT2D eigenvalue weighted by molar-refractivity contribution is 0.252. The van der Waals surface area contributed by atoms with Crippen LogP contribution in [-0.2, 0) is 0 Å². The van der Waals surface area contributed by atoms with Crippen molar-refractivity contribution in [2.75, 3.05) is 19.0 Å². The molecule has 0 aliphatic carbocycles. The summed E-state index contributed by atoms with van der Waals surface area (Å²) in [6, 6.07) is 11.3. The molecule has 3 aromatic heterocycles. The van der Waals surface area contributed by atoms with Crippen LogP contribution >= 0.6 is 0 Å². The number of benzene rings is 1. The van der Waals surface area contributed by atoms with Gasteiger partial charge in [0.2, 0.25) is 0 Å². The van der Waals surface area contributed by atoms with Crippen molar-refractivity contribution in [2.45, 2.75) is 6.92 Å². The molecule has 0 spiro atoms. The van der Waals surface area contributed by atoms with Crippen molar-refractivity contribution in [3.05, 3.63) is 61.2 Å². The van der Waals surface area contributed by atoms with Gasteiger partial charge in [0, 0.05) is 29.6 Å². The van der Waals surface area contributed by atoms with E-state index in [0.29, 0.717) is 23.8 Å². The molecule has 0 aliphatic rings. The first-order valence-corrected chi connectivity index (χ1v) is 9.16. The van der Waals surface area contributed by atoms with Crippen LogP contribution in [0.4, 0.5) is 10.5 Å². The Morgan fingerprint density at radius 2 is 1.90 bits per heavy atom. The number of hydrogen-bond acceptors (Lipinski definition) is 5. The summed E-state index contributed by atoms with van der Waals surface area (Å²) in [5.41, 5.74) is 4.22. The average Bonchev–Trinajstić information content (AvgIpc) is 3.17. The molecule has 3 heterocycles. The molecule has 0 radical (unpaired) electrons. The van der Waals surface area contributed by atoms with Crippen molar-refractivity contribution in [3.63, 3.8) is 0 Å². The second-order valence-corrected chi connectivity index (χ2v) is 6.30. The maximum absolute atomic E-state index is 11.8. The van der Waals surface area contributed by atoms with Crippen molar-refractivity contribution >= 4 is 17.4 Å². The minimum absolute atomic E-state index is 0.230. The van der Waals surface area contributed by atoms with Crippen molar-refractivity contribution in [2.24, 2.45) is 0 Å². The van der Waals surface area contributed by atoms with E-state index in [1.807, 2.05) is 53.9 Å². The molecule has 1 aromatic carbocycles. The molecule has 0 aliphatic heterocycles. The lowest BCUT2D eigenvalue weighted by Gasteiger charge is -2.08. The normalized spacial score (nSPS) is 10.7. The Morgan fingerprint density at radius 3 is 2.66 bits per heavy atom. The van der Waals surface area contributed by atoms with E-state index in [1.165, 1.54) is 0 Å². The van der Waals surface area contributed by atoms with Crippen LogP contribution in [0.5, 0.6) is 5.75 Å². The van der Waals surface area contributed by atoms with Crippen LogP contribution in [0.25, 0.3) is 28.3 Å². The van der Waals surface area contributed by atoms with Crippen LogP contribution in [-0.4, -0.2) is 39.0 Å². The summed E-state index contributed by atoms with van der Waals surface area (Å²) < 4.78 is 7.09. The summed E-state index contributed by atoms with van der Waals surface area (Å²) in [4.78, 5) is 24.9. The predicted molar refractivity (Wildman–Crippen MR) is 111 cm³/mol. The molecule has 146 valence electrons. The molecule has 2 N–H and O–H groups in total. The molecule has 0 unspecified atom stereocenters. The Balaban J connectivity index is 1.65. The van der Waals surface area contributed by atoms with Crippen LogP contribution in [0.15, 0.2) is 61.2 Å². The number of urea groups is 1. The minimum Gasteiger partial charge on any atom is -0.494 e. The molecule has 0 saturated carbocycles. The zero-order valence-electron chi connectivity index (χ0n) is 16.1. The number of nitrogens with one attached hydrogen (secondary N) is 2. The van der Waals surface area contributed by atoms with Gasteiger partial charge in [-0.1, -0.05) is 12.1 Å². The second-order valence-electron chi connectivity index (χ2n) is 6.30. The van der Waals surface area contributed by atoms with Gasteiger partial charge in [0.25, 0.3) is 0 Å². The second kappa shape index (κ2) is 7.97. The molecule has 0 saturated heterocycles. The highest BCUT2D eigenvalue weighted by atomic mass is 16.5. The number of nitrogens with zero attached hydrogens (tertiary/aromatic N) is 4. The molecule has 29 heavy (non-hydrogen) atoms. The fourth-order valence-corrected chi connectivity index (χ4v) is 3.00. The standard InChI is InChI=1S/C21H20N6O2/c1-3-22-21(28)26-16-6-4-5-14(9-16)18-13-23-19-10-15(7-8-27(18)19)20-24-11-17(29-2)12-25-20/h4-13H,3H2,1-2H3,(H2,22,26,28). The molecule has 8 heteroatoms. The molecule has 4 rings (SSSR count). The van der Waals surface area contributed by atoms with Gasteiger partial charge in [-0.2, -0.15) is 0 Å². The average molecular weight is 388 g/mol. The summed E-state index contributed by atoms with van der Waals surface area (Å²) >= 11 is 0. The molecule has 4 aromatic rings. The van der Waals surface area contributed by atoms with E-state index in [9.17, 15) is 4.79 Å². The van der Waals surface area contributed by atoms with E-state index in [2.05, 4.69) is 25.6 Å². The zero-order valence-corrected chi connectivity index (χ0v) is 16.1. The number of methoxy groups -OCH3 is 1. The first-order valence-electron chi connectivity index (χ1n) is 9.16. The number of carbonyl (C=O) groups is 1. The number of anilines is 1. The predicted octanol–water partition coefficient (Wildman–Crippen LogP) is 3.61. The van der Waals surface area contributed by atoms with E-state index in [0.717, 1.165) is 22.5 Å². The molecule has 8 nitrogen and oxygen atoms in total. The number of imidazole rings is 1. The Bertz CT molecular complexity index is 1150. The summed E-state index contributed by atoms with van der Waals surface area (Å²) in [7, 11) is 1.58. The first-order chi connectivity index (χ1) is 14.2. The highest BCUT2D eigenvalue weighted by molar-refractivity contribution is 5.90. The van der Waals surface area contributed by atoms with E-state index in [1.54, 1.807) is 25.7 Å². The Labute approximate surface area is 167 Å². The molecule has 0 atom stereocenters. The van der Waals surface area contributed by atoms with Gasteiger partial charge in [0.15, 0.2) is 11.6 Å². The number of carbonyl (C=O) groups excluding carboxylic acids is 1. The number of rotatable bonds is 5. The SMILES string of the molecule is CCNC(=O)Nc1cccc(-c2cnc3cc(-c4ncc(OC)cn4)ccn23)c1. The molecule has 0 fully saturated rings. The molecular weight excluding hydrogens is 368 g/mol. The van der Waals surface area contributed by atoms with Crippen molar-refractivity contribution in [1.29, 1.82) is 0 Å². The highest BCUT2D eigenvalue weighted by Crippen LogP contribution is 2.26. The van der Waals surface area contributed by atoms with Crippen molar-refractivity contribution in [3.8, 4) is 28.4 Å². The first kappa shape index (κ1) is 18.4. The topological polar surface area (TPSA) is 93.4 Å². The van der Waals surface area contributed by atoms with Crippen LogP contribution < -0.4 is 15.4 Å². The van der Waals surface area contributed by atoms with Gasteiger partial charge < -0.3 is 15.4 Å². The number of pyridine rings is 1. The maximum Gasteiger partial charge on any atom is 0.319 e. The monoisotopic (exact) mass is 388 g/mol. The van der Waals surface area contributed by atoms with Gasteiger partial charge in [0.05, 0.1) is 31.4 Å². The van der Waals surface area contributed by atoms with Crippen LogP contribution in [0.3, 0.4) is 0 Å². The summed E-state index contributed by atoms with van der Waals surface area (Å²) in [6.45, 7) is 2.44. The fraction of sp³-hybridized carbons (Fsp3) is 0.143. The van der Waals surface area contributed by atoms with E-state index in [-0.39, 0.29) is 6.03 Å². The van der Waals surface area contributed by atoms with E-state index >= 15 is 0 Å². The summed E-state index contributed by atoms with van der Waals surface area (Å²) in [5.74, 6) is 1.21. The van der Waals surface area contributed by atoms with E-state index in [4.69, 9.17) is 4.74 Å². The van der Waals surface area contributed by atoms with E-state index < -0.39 is 0 Å². The smallest absolute Gasteiger partial charge is 0.319 e. The third kappa shape index (κ3) is 3.86.